The Labute approximate surface area is 105 Å². The Bertz CT molecular complexity index is 842. The minimum Gasteiger partial charge on any atom is -0.476 e. The van der Waals surface area contributed by atoms with Gasteiger partial charge in [0.25, 0.3) is 0 Å². The number of carboxylic acids is 1. The Morgan fingerprint density at radius 2 is 2.21 bits per heavy atom. The van der Waals surface area contributed by atoms with Crippen LogP contribution in [0.4, 0.5) is 0 Å². The van der Waals surface area contributed by atoms with Gasteiger partial charge < -0.3 is 9.52 Å². The summed E-state index contributed by atoms with van der Waals surface area (Å²) in [5.74, 6) is -1.73. The van der Waals surface area contributed by atoms with Gasteiger partial charge in [0, 0.05) is 12.6 Å². The molecule has 0 amide bonds. The molecule has 0 aliphatic heterocycles. The molecule has 0 saturated carbocycles. The second-order valence-corrected chi connectivity index (χ2v) is 3.92. The van der Waals surface area contributed by atoms with E-state index < -0.39 is 11.7 Å². The van der Waals surface area contributed by atoms with E-state index in [1.54, 1.807) is 18.2 Å². The summed E-state index contributed by atoms with van der Waals surface area (Å²) in [5.41, 5.74) is 1.50. The fourth-order valence-electron chi connectivity index (χ4n) is 1.84. The molecule has 19 heavy (non-hydrogen) atoms. The van der Waals surface area contributed by atoms with Crippen LogP contribution in [0.25, 0.3) is 22.4 Å². The molecule has 3 aromatic rings. The largest absolute Gasteiger partial charge is 0.476 e. The number of nitrogens with one attached hydrogen (secondary N) is 1. The number of carboxylic acid groups (broad SMARTS) is 1. The van der Waals surface area contributed by atoms with Crippen molar-refractivity contribution in [3.8, 4) is 11.3 Å². The molecule has 3 rings (SSSR count). The van der Waals surface area contributed by atoms with Crippen molar-refractivity contribution in [2.75, 3.05) is 0 Å². The van der Waals surface area contributed by atoms with Crippen molar-refractivity contribution >= 4 is 17.1 Å². The number of aromatic carboxylic acids is 1. The van der Waals surface area contributed by atoms with Gasteiger partial charge in [-0.25, -0.2) is 9.59 Å². The molecule has 1 aromatic carbocycles. The zero-order valence-corrected chi connectivity index (χ0v) is 9.75. The van der Waals surface area contributed by atoms with Gasteiger partial charge in [0.05, 0.1) is 5.52 Å². The van der Waals surface area contributed by atoms with Crippen molar-refractivity contribution in [2.45, 2.75) is 0 Å². The summed E-state index contributed by atoms with van der Waals surface area (Å²) < 4.78 is 4.87. The number of carbonyl (C=O) groups is 1. The summed E-state index contributed by atoms with van der Waals surface area (Å²) in [6, 6.07) is 4.79. The Morgan fingerprint density at radius 3 is 2.95 bits per heavy atom. The molecule has 0 radical (unpaired) electrons. The second kappa shape index (κ2) is 3.80. The lowest BCUT2D eigenvalue weighted by molar-refractivity contribution is 0.0690. The minimum atomic E-state index is -1.16. The fourth-order valence-corrected chi connectivity index (χ4v) is 1.84. The summed E-state index contributed by atoms with van der Waals surface area (Å²) in [7, 11) is 1.54. The topological polar surface area (TPSA) is 114 Å². The number of benzene rings is 1. The number of aromatic nitrogens is 4. The third kappa shape index (κ3) is 1.79. The number of fused-ring (bicyclic) bond motifs is 1. The monoisotopic (exact) mass is 260 g/mol. The van der Waals surface area contributed by atoms with E-state index >= 15 is 0 Å². The Kier molecular flexibility index (Phi) is 2.24. The zero-order valence-electron chi connectivity index (χ0n) is 9.75. The normalized spacial score (nSPS) is 11.0. The molecular weight excluding hydrogens is 252 g/mol. The molecule has 0 aliphatic carbocycles. The zero-order chi connectivity index (χ0) is 13.6. The highest BCUT2D eigenvalue weighted by Gasteiger charge is 2.18. The van der Waals surface area contributed by atoms with Gasteiger partial charge in [-0.15, -0.1) is 5.10 Å². The molecule has 8 heteroatoms. The molecule has 0 atom stereocenters. The average Bonchev–Trinajstić information content (AvgIpc) is 2.89. The van der Waals surface area contributed by atoms with Crippen LogP contribution < -0.4 is 5.76 Å². The van der Waals surface area contributed by atoms with Crippen LogP contribution in [-0.4, -0.2) is 31.1 Å². The summed E-state index contributed by atoms with van der Waals surface area (Å²) in [5, 5.41) is 16.9. The molecule has 0 saturated heterocycles. The molecule has 2 aromatic heterocycles. The Balaban J connectivity index is 2.23. The summed E-state index contributed by atoms with van der Waals surface area (Å²) in [6.45, 7) is 0. The first-order chi connectivity index (χ1) is 9.04. The SMILES string of the molecule is Cn1nc(C(=O)O)c(-c2ccc3oc(=O)[nH]c3c2)n1. The van der Waals surface area contributed by atoms with Gasteiger partial charge in [-0.2, -0.15) is 9.90 Å². The van der Waals surface area contributed by atoms with Gasteiger partial charge in [0.2, 0.25) is 0 Å². The van der Waals surface area contributed by atoms with Crippen molar-refractivity contribution < 1.29 is 14.3 Å². The summed E-state index contributed by atoms with van der Waals surface area (Å²) in [4.78, 5) is 25.8. The van der Waals surface area contributed by atoms with Gasteiger partial charge in [0.15, 0.2) is 11.3 Å². The number of nitrogens with zero attached hydrogens (tertiary/aromatic N) is 3. The first-order valence-corrected chi connectivity index (χ1v) is 5.32. The number of H-pyrrole nitrogens is 1. The van der Waals surface area contributed by atoms with Crippen LogP contribution in [0, 0.1) is 0 Å². The highest BCUT2D eigenvalue weighted by molar-refractivity contribution is 5.93. The van der Waals surface area contributed by atoms with E-state index in [2.05, 4.69) is 15.2 Å². The molecule has 0 bridgehead atoms. The van der Waals surface area contributed by atoms with Crippen LogP contribution >= 0.6 is 0 Å². The standard InChI is InChI=1S/C11H8N4O4/c1-15-13-8(9(14-15)10(16)17)5-2-3-7-6(4-5)12-11(18)19-7/h2-4H,1H3,(H,12,18)(H,16,17). The number of hydrogen-bond acceptors (Lipinski definition) is 5. The number of oxazole rings is 1. The highest BCUT2D eigenvalue weighted by atomic mass is 16.4. The van der Waals surface area contributed by atoms with Crippen LogP contribution in [0.2, 0.25) is 0 Å². The quantitative estimate of drug-likeness (QED) is 0.697. The van der Waals surface area contributed by atoms with Crippen molar-refractivity contribution in [1.82, 2.24) is 20.0 Å². The molecular formula is C11H8N4O4. The smallest absolute Gasteiger partial charge is 0.417 e. The maximum absolute atomic E-state index is 11.1. The van der Waals surface area contributed by atoms with E-state index in [9.17, 15) is 9.59 Å². The molecule has 8 nitrogen and oxygen atoms in total. The average molecular weight is 260 g/mol. The number of aryl methyl sites for hydroxylation is 1. The minimum absolute atomic E-state index is 0.146. The Morgan fingerprint density at radius 1 is 1.42 bits per heavy atom. The van der Waals surface area contributed by atoms with Crippen molar-refractivity contribution in [3.63, 3.8) is 0 Å². The third-order valence-electron chi connectivity index (χ3n) is 2.61. The van der Waals surface area contributed by atoms with Crippen LogP contribution in [-0.2, 0) is 7.05 Å². The van der Waals surface area contributed by atoms with Gasteiger partial charge in [-0.3, -0.25) is 4.98 Å². The summed E-state index contributed by atoms with van der Waals surface area (Å²) in [6.07, 6.45) is 0. The van der Waals surface area contributed by atoms with Gasteiger partial charge in [-0.05, 0) is 18.2 Å². The van der Waals surface area contributed by atoms with Gasteiger partial charge in [0.1, 0.15) is 5.69 Å². The number of aromatic amines is 1. The molecule has 2 N–H and O–H groups in total. The second-order valence-electron chi connectivity index (χ2n) is 3.92. The van der Waals surface area contributed by atoms with Crippen LogP contribution in [0.3, 0.4) is 0 Å². The summed E-state index contributed by atoms with van der Waals surface area (Å²) >= 11 is 0. The van der Waals surface area contributed by atoms with Crippen molar-refractivity contribution in [1.29, 1.82) is 0 Å². The van der Waals surface area contributed by atoms with Crippen LogP contribution in [0.15, 0.2) is 27.4 Å². The van der Waals surface area contributed by atoms with Crippen molar-refractivity contribution in [3.05, 3.63) is 34.4 Å². The lowest BCUT2D eigenvalue weighted by atomic mass is 10.1. The van der Waals surface area contributed by atoms with E-state index in [0.29, 0.717) is 16.7 Å². The first-order valence-electron chi connectivity index (χ1n) is 5.32. The van der Waals surface area contributed by atoms with E-state index in [1.165, 1.54) is 11.8 Å². The third-order valence-corrected chi connectivity index (χ3v) is 2.61. The first kappa shape index (κ1) is 11.2. The van der Waals surface area contributed by atoms with Crippen LogP contribution in [0.5, 0.6) is 0 Å². The number of hydrogen-bond donors (Lipinski definition) is 2. The van der Waals surface area contributed by atoms with Crippen LogP contribution in [0.1, 0.15) is 10.5 Å². The molecule has 0 fully saturated rings. The van der Waals surface area contributed by atoms with E-state index in [4.69, 9.17) is 9.52 Å². The molecule has 2 heterocycles. The predicted octanol–water partition coefficient (Wildman–Crippen LogP) is 0.615. The lowest BCUT2D eigenvalue weighted by Gasteiger charge is -1.97. The molecule has 96 valence electrons. The predicted molar refractivity (Wildman–Crippen MR) is 63.8 cm³/mol. The molecule has 0 spiro atoms. The maximum atomic E-state index is 11.1. The highest BCUT2D eigenvalue weighted by Crippen LogP contribution is 2.23. The van der Waals surface area contributed by atoms with Crippen molar-refractivity contribution in [2.24, 2.45) is 7.05 Å². The fraction of sp³-hybridized carbons (Fsp3) is 0.0909. The molecule has 0 unspecified atom stereocenters. The van der Waals surface area contributed by atoms with E-state index in [1.807, 2.05) is 0 Å². The lowest BCUT2D eigenvalue weighted by Crippen LogP contribution is -2.00. The van der Waals surface area contributed by atoms with Gasteiger partial charge >= 0.3 is 11.7 Å². The molecule has 0 aliphatic rings. The van der Waals surface area contributed by atoms with Gasteiger partial charge in [-0.1, -0.05) is 0 Å². The maximum Gasteiger partial charge on any atom is 0.417 e. The Hall–Kier alpha value is -2.90. The number of rotatable bonds is 2. The van der Waals surface area contributed by atoms with E-state index in [0.717, 1.165) is 0 Å². The van der Waals surface area contributed by atoms with E-state index in [-0.39, 0.29) is 11.4 Å².